The lowest BCUT2D eigenvalue weighted by Gasteiger charge is -2.16. The maximum atomic E-state index is 11.5. The van der Waals surface area contributed by atoms with E-state index in [1.54, 1.807) is 0 Å². The molecule has 0 bridgehead atoms. The number of hydrogen-bond acceptors (Lipinski definition) is 1. The summed E-state index contributed by atoms with van der Waals surface area (Å²) < 4.78 is 0. The molecule has 1 saturated heterocycles. The van der Waals surface area contributed by atoms with Crippen molar-refractivity contribution in [1.29, 1.82) is 0 Å². The predicted octanol–water partition coefficient (Wildman–Crippen LogP) is 1.69. The first kappa shape index (κ1) is 10.4. The van der Waals surface area contributed by atoms with Crippen LogP contribution < -0.4 is 5.32 Å². The maximum absolute atomic E-state index is 11.5. The SMILES string of the molecule is CCCNC(=O)N1CC(C)C(C)C1. The number of likely N-dealkylation sites (tertiary alicyclic amines) is 1. The molecule has 3 heteroatoms. The second-order valence-corrected chi connectivity index (χ2v) is 4.09. The third kappa shape index (κ3) is 2.61. The molecule has 0 saturated carbocycles. The van der Waals surface area contributed by atoms with Crippen LogP contribution in [0.3, 0.4) is 0 Å². The molecule has 2 atom stereocenters. The van der Waals surface area contributed by atoms with Gasteiger partial charge < -0.3 is 10.2 Å². The molecule has 76 valence electrons. The van der Waals surface area contributed by atoms with Gasteiger partial charge in [-0.15, -0.1) is 0 Å². The fraction of sp³-hybridized carbons (Fsp3) is 0.900. The van der Waals surface area contributed by atoms with Gasteiger partial charge in [-0.25, -0.2) is 4.79 Å². The normalized spacial score (nSPS) is 27.8. The Labute approximate surface area is 80.5 Å². The minimum atomic E-state index is 0.109. The predicted molar refractivity (Wildman–Crippen MR) is 53.6 cm³/mol. The number of nitrogens with one attached hydrogen (secondary N) is 1. The van der Waals surface area contributed by atoms with Gasteiger partial charge in [0.25, 0.3) is 0 Å². The summed E-state index contributed by atoms with van der Waals surface area (Å²) in [5.41, 5.74) is 0. The van der Waals surface area contributed by atoms with E-state index < -0.39 is 0 Å². The summed E-state index contributed by atoms with van der Waals surface area (Å²) in [4.78, 5) is 13.4. The highest BCUT2D eigenvalue weighted by Gasteiger charge is 2.28. The summed E-state index contributed by atoms with van der Waals surface area (Å²) in [6, 6.07) is 0.109. The van der Waals surface area contributed by atoms with Gasteiger partial charge in [-0.2, -0.15) is 0 Å². The molecule has 2 amide bonds. The van der Waals surface area contributed by atoms with Gasteiger partial charge in [-0.05, 0) is 18.3 Å². The first-order valence-electron chi connectivity index (χ1n) is 5.18. The van der Waals surface area contributed by atoms with Crippen molar-refractivity contribution >= 4 is 6.03 Å². The lowest BCUT2D eigenvalue weighted by atomic mass is 10.0. The summed E-state index contributed by atoms with van der Waals surface area (Å²) in [5, 5.41) is 2.90. The van der Waals surface area contributed by atoms with Crippen LogP contribution in [0.2, 0.25) is 0 Å². The van der Waals surface area contributed by atoms with Crippen molar-refractivity contribution in [2.75, 3.05) is 19.6 Å². The van der Waals surface area contributed by atoms with Crippen LogP contribution >= 0.6 is 0 Å². The van der Waals surface area contributed by atoms with E-state index in [9.17, 15) is 4.79 Å². The van der Waals surface area contributed by atoms with E-state index in [2.05, 4.69) is 26.1 Å². The summed E-state index contributed by atoms with van der Waals surface area (Å²) >= 11 is 0. The Balaban J connectivity index is 2.33. The smallest absolute Gasteiger partial charge is 0.317 e. The molecule has 2 unspecified atom stereocenters. The van der Waals surface area contributed by atoms with Gasteiger partial charge >= 0.3 is 6.03 Å². The third-order valence-electron chi connectivity index (χ3n) is 2.80. The van der Waals surface area contributed by atoms with Crippen LogP contribution in [-0.4, -0.2) is 30.6 Å². The van der Waals surface area contributed by atoms with Crippen LogP contribution in [0.1, 0.15) is 27.2 Å². The van der Waals surface area contributed by atoms with Crippen molar-refractivity contribution in [2.24, 2.45) is 11.8 Å². The average molecular weight is 184 g/mol. The molecule has 0 aromatic rings. The second-order valence-electron chi connectivity index (χ2n) is 4.09. The van der Waals surface area contributed by atoms with E-state index in [1.807, 2.05) is 4.90 Å². The van der Waals surface area contributed by atoms with Gasteiger partial charge in [-0.3, -0.25) is 0 Å². The first-order valence-corrected chi connectivity index (χ1v) is 5.18. The van der Waals surface area contributed by atoms with E-state index in [0.717, 1.165) is 26.1 Å². The number of amides is 2. The molecule has 0 spiro atoms. The fourth-order valence-electron chi connectivity index (χ4n) is 1.64. The standard InChI is InChI=1S/C10H20N2O/c1-4-5-11-10(13)12-6-8(2)9(3)7-12/h8-9H,4-7H2,1-3H3,(H,11,13). The molecular formula is C10H20N2O. The van der Waals surface area contributed by atoms with E-state index in [-0.39, 0.29) is 6.03 Å². The van der Waals surface area contributed by atoms with Gasteiger partial charge in [0, 0.05) is 19.6 Å². The molecule has 1 N–H and O–H groups in total. The largest absolute Gasteiger partial charge is 0.338 e. The number of rotatable bonds is 2. The van der Waals surface area contributed by atoms with Crippen molar-refractivity contribution in [2.45, 2.75) is 27.2 Å². The number of carbonyl (C=O) groups is 1. The molecule has 3 nitrogen and oxygen atoms in total. The van der Waals surface area contributed by atoms with Crippen LogP contribution in [0.15, 0.2) is 0 Å². The van der Waals surface area contributed by atoms with E-state index in [0.29, 0.717) is 11.8 Å². The van der Waals surface area contributed by atoms with Crippen LogP contribution in [-0.2, 0) is 0 Å². The van der Waals surface area contributed by atoms with Crippen molar-refractivity contribution in [3.63, 3.8) is 0 Å². The molecular weight excluding hydrogens is 164 g/mol. The maximum Gasteiger partial charge on any atom is 0.317 e. The Kier molecular flexibility index (Phi) is 3.58. The molecule has 0 aliphatic carbocycles. The van der Waals surface area contributed by atoms with Crippen molar-refractivity contribution in [3.05, 3.63) is 0 Å². The van der Waals surface area contributed by atoms with Gasteiger partial charge in [0.1, 0.15) is 0 Å². The van der Waals surface area contributed by atoms with Crippen molar-refractivity contribution < 1.29 is 4.79 Å². The Morgan fingerprint density at radius 2 is 1.92 bits per heavy atom. The van der Waals surface area contributed by atoms with Crippen LogP contribution in [0, 0.1) is 11.8 Å². The molecule has 0 aromatic heterocycles. The number of urea groups is 1. The Hall–Kier alpha value is -0.730. The fourth-order valence-corrected chi connectivity index (χ4v) is 1.64. The monoisotopic (exact) mass is 184 g/mol. The number of carbonyl (C=O) groups excluding carboxylic acids is 1. The van der Waals surface area contributed by atoms with Crippen LogP contribution in [0.25, 0.3) is 0 Å². The quantitative estimate of drug-likeness (QED) is 0.696. The van der Waals surface area contributed by atoms with E-state index in [1.165, 1.54) is 0 Å². The zero-order valence-corrected chi connectivity index (χ0v) is 8.84. The van der Waals surface area contributed by atoms with E-state index in [4.69, 9.17) is 0 Å². The van der Waals surface area contributed by atoms with Crippen molar-refractivity contribution in [3.8, 4) is 0 Å². The van der Waals surface area contributed by atoms with E-state index >= 15 is 0 Å². The molecule has 0 radical (unpaired) electrons. The Morgan fingerprint density at radius 1 is 1.38 bits per heavy atom. The molecule has 13 heavy (non-hydrogen) atoms. The van der Waals surface area contributed by atoms with Gasteiger partial charge in [0.15, 0.2) is 0 Å². The van der Waals surface area contributed by atoms with Crippen LogP contribution in [0.4, 0.5) is 4.79 Å². The molecule has 1 aliphatic rings. The molecule has 1 heterocycles. The zero-order chi connectivity index (χ0) is 9.84. The molecule has 1 fully saturated rings. The molecule has 1 rings (SSSR count). The Bertz CT molecular complexity index is 172. The molecule has 1 aliphatic heterocycles. The highest BCUT2D eigenvalue weighted by molar-refractivity contribution is 5.74. The second kappa shape index (κ2) is 4.49. The number of nitrogens with zero attached hydrogens (tertiary/aromatic N) is 1. The summed E-state index contributed by atoms with van der Waals surface area (Å²) in [6.45, 7) is 9.09. The lowest BCUT2D eigenvalue weighted by Crippen LogP contribution is -2.38. The van der Waals surface area contributed by atoms with Crippen LogP contribution in [0.5, 0.6) is 0 Å². The van der Waals surface area contributed by atoms with Gasteiger partial charge in [-0.1, -0.05) is 20.8 Å². The van der Waals surface area contributed by atoms with Gasteiger partial charge in [0.05, 0.1) is 0 Å². The highest BCUT2D eigenvalue weighted by atomic mass is 16.2. The summed E-state index contributed by atoms with van der Waals surface area (Å²) in [5.74, 6) is 1.29. The minimum Gasteiger partial charge on any atom is -0.338 e. The molecule has 0 aromatic carbocycles. The summed E-state index contributed by atoms with van der Waals surface area (Å²) in [7, 11) is 0. The number of hydrogen-bond donors (Lipinski definition) is 1. The van der Waals surface area contributed by atoms with Gasteiger partial charge in [0.2, 0.25) is 0 Å². The highest BCUT2D eigenvalue weighted by Crippen LogP contribution is 2.21. The summed E-state index contributed by atoms with van der Waals surface area (Å²) in [6.07, 6.45) is 1.00. The third-order valence-corrected chi connectivity index (χ3v) is 2.80. The van der Waals surface area contributed by atoms with Crippen molar-refractivity contribution in [1.82, 2.24) is 10.2 Å². The Morgan fingerprint density at radius 3 is 2.38 bits per heavy atom. The lowest BCUT2D eigenvalue weighted by molar-refractivity contribution is 0.206. The average Bonchev–Trinajstić information content (AvgIpc) is 2.43. The zero-order valence-electron chi connectivity index (χ0n) is 8.84. The minimum absolute atomic E-state index is 0.109. The topological polar surface area (TPSA) is 32.3 Å². The first-order chi connectivity index (χ1) is 6.15.